The van der Waals surface area contributed by atoms with Crippen molar-refractivity contribution in [1.82, 2.24) is 0 Å². The fraction of sp³-hybridized carbons (Fsp3) is 0.462. The fourth-order valence-electron chi connectivity index (χ4n) is 1.72. The van der Waals surface area contributed by atoms with E-state index < -0.39 is 15.9 Å². The minimum absolute atomic E-state index is 0.00890. The summed E-state index contributed by atoms with van der Waals surface area (Å²) in [5, 5.41) is 9.97. The Morgan fingerprint density at radius 2 is 2.05 bits per heavy atom. The molecule has 1 aromatic rings. The second-order valence-electron chi connectivity index (χ2n) is 4.38. The van der Waals surface area contributed by atoms with E-state index in [1.807, 2.05) is 30.3 Å². The van der Waals surface area contributed by atoms with E-state index in [9.17, 15) is 5.11 Å². The first-order chi connectivity index (χ1) is 9.47. The van der Waals surface area contributed by atoms with Crippen molar-refractivity contribution in [3.63, 3.8) is 0 Å². The number of halogens is 3. The summed E-state index contributed by atoms with van der Waals surface area (Å²) in [5.74, 6) is 0.00890. The van der Waals surface area contributed by atoms with E-state index in [0.29, 0.717) is 6.61 Å². The van der Waals surface area contributed by atoms with E-state index in [2.05, 4.69) is 4.99 Å². The summed E-state index contributed by atoms with van der Waals surface area (Å²) in [5.41, 5.74) is 1.04. The zero-order valence-corrected chi connectivity index (χ0v) is 12.8. The predicted octanol–water partition coefficient (Wildman–Crippen LogP) is 2.73. The van der Waals surface area contributed by atoms with Gasteiger partial charge < -0.3 is 14.6 Å². The van der Waals surface area contributed by atoms with Gasteiger partial charge in [-0.3, -0.25) is 0 Å². The largest absolute Gasteiger partial charge is 0.476 e. The van der Waals surface area contributed by atoms with Crippen molar-refractivity contribution in [2.45, 2.75) is 22.5 Å². The molecular formula is C13H14Cl3NO3. The number of hydrogen-bond acceptors (Lipinski definition) is 4. The van der Waals surface area contributed by atoms with Crippen molar-refractivity contribution in [3.8, 4) is 0 Å². The lowest BCUT2D eigenvalue weighted by atomic mass is 10.2. The smallest absolute Gasteiger partial charge is 0.266 e. The van der Waals surface area contributed by atoms with Gasteiger partial charge in [0.25, 0.3) is 3.79 Å². The van der Waals surface area contributed by atoms with Crippen LogP contribution in [0.5, 0.6) is 0 Å². The summed E-state index contributed by atoms with van der Waals surface area (Å²) in [4.78, 5) is 4.05. The van der Waals surface area contributed by atoms with Crippen molar-refractivity contribution in [2.75, 3.05) is 13.2 Å². The Hall–Kier alpha value is -0.520. The maximum atomic E-state index is 9.97. The van der Waals surface area contributed by atoms with Gasteiger partial charge in [0.2, 0.25) is 5.90 Å². The Balaban J connectivity index is 1.79. The molecule has 0 amide bonds. The summed E-state index contributed by atoms with van der Waals surface area (Å²) in [6, 6.07) is 9.21. The van der Waals surface area contributed by atoms with Gasteiger partial charge in [0, 0.05) is 0 Å². The molecule has 0 saturated heterocycles. The van der Waals surface area contributed by atoms with Gasteiger partial charge in [0.05, 0.1) is 13.2 Å². The lowest BCUT2D eigenvalue weighted by Crippen LogP contribution is -2.30. The number of aliphatic hydroxyl groups excluding tert-OH is 1. The standard InChI is InChI=1S/C13H14Cl3NO3/c14-13(15,16)12-17-10(7-20-12)11(18)8-19-6-9-4-2-1-3-5-9/h1-5,10-11,18H,6-8H2/t10-,11+/m1/s1. The summed E-state index contributed by atoms with van der Waals surface area (Å²) < 4.78 is 8.90. The van der Waals surface area contributed by atoms with E-state index >= 15 is 0 Å². The molecule has 0 aliphatic carbocycles. The van der Waals surface area contributed by atoms with Crippen LogP contribution in [-0.2, 0) is 16.1 Å². The highest BCUT2D eigenvalue weighted by Crippen LogP contribution is 2.31. The maximum absolute atomic E-state index is 9.97. The molecule has 0 aromatic heterocycles. The van der Waals surface area contributed by atoms with Crippen LogP contribution in [0.1, 0.15) is 5.56 Å². The molecule has 2 atom stereocenters. The molecule has 0 fully saturated rings. The number of aliphatic imine (C=N–C) groups is 1. The number of hydrogen-bond donors (Lipinski definition) is 1. The lowest BCUT2D eigenvalue weighted by molar-refractivity contribution is 0.0125. The minimum atomic E-state index is -1.70. The normalized spacial score (nSPS) is 20.4. The van der Waals surface area contributed by atoms with Gasteiger partial charge in [0.1, 0.15) is 18.8 Å². The van der Waals surface area contributed by atoms with Crippen molar-refractivity contribution in [3.05, 3.63) is 35.9 Å². The van der Waals surface area contributed by atoms with Crippen LogP contribution >= 0.6 is 34.8 Å². The highest BCUT2D eigenvalue weighted by Gasteiger charge is 2.37. The third kappa shape index (κ3) is 4.50. The highest BCUT2D eigenvalue weighted by atomic mass is 35.6. The van der Waals surface area contributed by atoms with Gasteiger partial charge in [-0.15, -0.1) is 0 Å². The third-order valence-corrected chi connectivity index (χ3v) is 3.25. The molecule has 1 aliphatic rings. The third-order valence-electron chi connectivity index (χ3n) is 2.76. The lowest BCUT2D eigenvalue weighted by Gasteiger charge is -2.14. The van der Waals surface area contributed by atoms with Gasteiger partial charge in [-0.25, -0.2) is 4.99 Å². The van der Waals surface area contributed by atoms with Crippen LogP contribution in [0.2, 0.25) is 0 Å². The van der Waals surface area contributed by atoms with Crippen LogP contribution in [-0.4, -0.2) is 40.2 Å². The maximum Gasteiger partial charge on any atom is 0.266 e. The van der Waals surface area contributed by atoms with Gasteiger partial charge >= 0.3 is 0 Å². The Kier molecular flexibility index (Phi) is 5.52. The molecule has 4 nitrogen and oxygen atoms in total. The second-order valence-corrected chi connectivity index (χ2v) is 6.66. The van der Waals surface area contributed by atoms with E-state index in [-0.39, 0.29) is 19.1 Å². The number of nitrogens with zero attached hydrogens (tertiary/aromatic N) is 1. The van der Waals surface area contributed by atoms with E-state index in [4.69, 9.17) is 44.3 Å². The minimum Gasteiger partial charge on any atom is -0.476 e. The Morgan fingerprint density at radius 3 is 2.65 bits per heavy atom. The van der Waals surface area contributed by atoms with Crippen LogP contribution in [0.25, 0.3) is 0 Å². The molecule has 20 heavy (non-hydrogen) atoms. The Bertz CT molecular complexity index is 462. The Morgan fingerprint density at radius 1 is 1.35 bits per heavy atom. The van der Waals surface area contributed by atoms with Gasteiger partial charge in [0.15, 0.2) is 0 Å². The monoisotopic (exact) mass is 337 g/mol. The molecular weight excluding hydrogens is 325 g/mol. The molecule has 1 aromatic carbocycles. The van der Waals surface area contributed by atoms with Gasteiger partial charge in [-0.05, 0) is 5.56 Å². The van der Waals surface area contributed by atoms with E-state index in [0.717, 1.165) is 5.56 Å². The SMILES string of the molecule is O[C@@H](COCc1ccccc1)[C@H]1COC(C(Cl)(Cl)Cl)=N1. The van der Waals surface area contributed by atoms with E-state index in [1.54, 1.807) is 0 Å². The molecule has 1 aliphatic heterocycles. The summed E-state index contributed by atoms with van der Waals surface area (Å²) in [7, 11) is 0. The molecule has 7 heteroatoms. The predicted molar refractivity (Wildman–Crippen MR) is 79.6 cm³/mol. The van der Waals surface area contributed by atoms with Crippen LogP contribution in [0.4, 0.5) is 0 Å². The van der Waals surface area contributed by atoms with Crippen LogP contribution in [0.15, 0.2) is 35.3 Å². The quantitative estimate of drug-likeness (QED) is 0.840. The first kappa shape index (κ1) is 15.9. The van der Waals surface area contributed by atoms with Crippen molar-refractivity contribution < 1.29 is 14.6 Å². The molecule has 0 radical (unpaired) electrons. The summed E-state index contributed by atoms with van der Waals surface area (Å²) in [6.07, 6.45) is -0.802. The summed E-state index contributed by atoms with van der Waals surface area (Å²) in [6.45, 7) is 0.741. The Labute approximate surface area is 132 Å². The molecule has 1 heterocycles. The number of alkyl halides is 3. The fourth-order valence-corrected chi connectivity index (χ4v) is 2.03. The topological polar surface area (TPSA) is 51.0 Å². The zero-order valence-electron chi connectivity index (χ0n) is 10.5. The zero-order chi connectivity index (χ0) is 14.6. The molecule has 0 bridgehead atoms. The van der Waals surface area contributed by atoms with Gasteiger partial charge in [-0.2, -0.15) is 0 Å². The average Bonchev–Trinajstić information content (AvgIpc) is 2.89. The van der Waals surface area contributed by atoms with Crippen molar-refractivity contribution in [1.29, 1.82) is 0 Å². The molecule has 2 rings (SSSR count). The van der Waals surface area contributed by atoms with Crippen LogP contribution in [0.3, 0.4) is 0 Å². The molecule has 110 valence electrons. The number of ether oxygens (including phenoxy) is 2. The first-order valence-electron chi connectivity index (χ1n) is 6.04. The number of aliphatic hydroxyl groups is 1. The van der Waals surface area contributed by atoms with Crippen molar-refractivity contribution >= 4 is 40.7 Å². The van der Waals surface area contributed by atoms with Crippen molar-refractivity contribution in [2.24, 2.45) is 4.99 Å². The molecule has 0 unspecified atom stereocenters. The number of benzene rings is 1. The summed E-state index contributed by atoms with van der Waals surface area (Å²) >= 11 is 17.0. The highest BCUT2D eigenvalue weighted by molar-refractivity contribution is 6.76. The van der Waals surface area contributed by atoms with Gasteiger partial charge in [-0.1, -0.05) is 65.1 Å². The molecule has 0 saturated carbocycles. The van der Waals surface area contributed by atoms with Crippen LogP contribution < -0.4 is 0 Å². The van der Waals surface area contributed by atoms with Crippen LogP contribution in [0, 0.1) is 0 Å². The average molecular weight is 339 g/mol. The van der Waals surface area contributed by atoms with E-state index in [1.165, 1.54) is 0 Å². The molecule has 0 spiro atoms. The first-order valence-corrected chi connectivity index (χ1v) is 7.18. The molecule has 1 N–H and O–H groups in total. The second kappa shape index (κ2) is 6.96. The number of rotatable bonds is 5.